The van der Waals surface area contributed by atoms with E-state index < -0.39 is 0 Å². The van der Waals surface area contributed by atoms with Crippen molar-refractivity contribution in [2.24, 2.45) is 5.73 Å². The van der Waals surface area contributed by atoms with E-state index in [-0.39, 0.29) is 0 Å². The summed E-state index contributed by atoms with van der Waals surface area (Å²) in [5, 5.41) is 7.53. The number of hydrogen-bond donors (Lipinski definition) is 3. The Bertz CT molecular complexity index is 1530. The maximum absolute atomic E-state index is 6.19. The van der Waals surface area contributed by atoms with Crippen LogP contribution in [0.25, 0.3) is 11.2 Å². The van der Waals surface area contributed by atoms with E-state index in [4.69, 9.17) is 20.7 Å². The first-order chi connectivity index (χ1) is 24.7. The zero-order valence-electron chi connectivity index (χ0n) is 30.1. The Kier molecular flexibility index (Phi) is 12.3. The van der Waals surface area contributed by atoms with Crippen LogP contribution in [0.4, 0.5) is 11.8 Å². The number of hydrogen-bond acceptors (Lipinski definition) is 8. The largest absolute Gasteiger partial charge is 0.365 e. The van der Waals surface area contributed by atoms with Crippen LogP contribution in [-0.2, 0) is 13.1 Å². The van der Waals surface area contributed by atoms with Crippen LogP contribution < -0.4 is 16.4 Å². The van der Waals surface area contributed by atoms with Crippen LogP contribution in [0.3, 0.4) is 0 Å². The average Bonchev–Trinajstić information content (AvgIpc) is 3.83. The van der Waals surface area contributed by atoms with Crippen LogP contribution in [0.2, 0.25) is 0 Å². The molecule has 3 fully saturated rings. The van der Waals surface area contributed by atoms with Gasteiger partial charge < -0.3 is 25.8 Å². The highest BCUT2D eigenvalue weighted by Gasteiger charge is 2.26. The first-order valence-corrected chi connectivity index (χ1v) is 19.7. The molecule has 0 bridgehead atoms. The monoisotopic (exact) mass is 677 g/mol. The minimum absolute atomic E-state index is 0.328. The van der Waals surface area contributed by atoms with E-state index in [1.165, 1.54) is 69.0 Å². The smallest absolute Gasteiger partial charge is 0.227 e. The summed E-state index contributed by atoms with van der Waals surface area (Å²) in [5.41, 5.74) is 10.9. The molecule has 4 aromatic rings. The number of rotatable bonds is 16. The highest BCUT2D eigenvalue weighted by atomic mass is 15.2. The van der Waals surface area contributed by atoms with Gasteiger partial charge in [0.25, 0.3) is 0 Å². The van der Waals surface area contributed by atoms with Gasteiger partial charge in [0.15, 0.2) is 17.0 Å². The van der Waals surface area contributed by atoms with Gasteiger partial charge in [-0.3, -0.25) is 4.90 Å². The van der Waals surface area contributed by atoms with E-state index in [0.29, 0.717) is 24.2 Å². The molecule has 2 saturated carbocycles. The Labute approximate surface area is 299 Å². The lowest BCUT2D eigenvalue weighted by molar-refractivity contribution is 0.212. The lowest BCUT2D eigenvalue weighted by Crippen LogP contribution is -2.39. The van der Waals surface area contributed by atoms with E-state index in [2.05, 4.69) is 85.7 Å². The van der Waals surface area contributed by atoms with Crippen molar-refractivity contribution in [1.29, 1.82) is 0 Å². The van der Waals surface area contributed by atoms with Crippen molar-refractivity contribution in [1.82, 2.24) is 29.3 Å². The summed E-state index contributed by atoms with van der Waals surface area (Å²) < 4.78 is 2.32. The molecule has 268 valence electrons. The molecule has 0 amide bonds. The van der Waals surface area contributed by atoms with E-state index >= 15 is 0 Å². The number of nitrogens with two attached hydrogens (primary N) is 1. The van der Waals surface area contributed by atoms with E-state index in [9.17, 15) is 0 Å². The maximum atomic E-state index is 6.19. The van der Waals surface area contributed by atoms with Gasteiger partial charge in [-0.05, 0) is 88.4 Å². The standard InChI is InChI=1S/C41H59N9/c42-34-19-21-35(22-20-34)45-41-46-39(38-40(47-41)50(31-43-38)37-17-9-10-18-37)44-36-23-27-48(28-24-36)25-11-1-2-12-26-49(29-32-13-5-3-6-14-32)30-33-15-7-4-8-16-33/h3-8,13-16,31,34-37H,1-2,9-12,17-30,42H2,(H2,44,45,46,47). The molecule has 50 heavy (non-hydrogen) atoms. The zero-order chi connectivity index (χ0) is 34.0. The summed E-state index contributed by atoms with van der Waals surface area (Å²) in [6.07, 6.45) is 18.7. The molecule has 0 unspecified atom stereocenters. The van der Waals surface area contributed by atoms with Crippen LogP contribution in [0.5, 0.6) is 0 Å². The molecule has 3 aliphatic rings. The van der Waals surface area contributed by atoms with Gasteiger partial charge >= 0.3 is 0 Å². The van der Waals surface area contributed by atoms with E-state index in [1.807, 2.05) is 6.33 Å². The molecule has 0 atom stereocenters. The van der Waals surface area contributed by atoms with Crippen LogP contribution in [0.1, 0.15) is 107 Å². The third kappa shape index (κ3) is 9.62. The fraction of sp³-hybridized carbons (Fsp3) is 0.585. The SMILES string of the molecule is NC1CCC(Nc2nc(NC3CCN(CCCCCCN(Cc4ccccc4)Cc4ccccc4)CC3)c3ncn(C4CCCC4)c3n2)CC1. The minimum Gasteiger partial charge on any atom is -0.365 e. The maximum Gasteiger partial charge on any atom is 0.227 e. The van der Waals surface area contributed by atoms with Crippen molar-refractivity contribution in [2.45, 2.75) is 127 Å². The van der Waals surface area contributed by atoms with Gasteiger partial charge in [0.2, 0.25) is 5.95 Å². The molecule has 0 spiro atoms. The topological polar surface area (TPSA) is 100 Å². The Morgan fingerprint density at radius 3 is 2.02 bits per heavy atom. The van der Waals surface area contributed by atoms with Crippen LogP contribution >= 0.6 is 0 Å². The molecular weight excluding hydrogens is 619 g/mol. The van der Waals surface area contributed by atoms with Crippen molar-refractivity contribution < 1.29 is 0 Å². The van der Waals surface area contributed by atoms with E-state index in [1.54, 1.807) is 0 Å². The van der Waals surface area contributed by atoms with Crippen LogP contribution in [0, 0.1) is 0 Å². The second-order valence-electron chi connectivity index (χ2n) is 15.3. The number of fused-ring (bicyclic) bond motifs is 1. The molecule has 9 heteroatoms. The Hall–Kier alpha value is -3.53. The van der Waals surface area contributed by atoms with Crippen molar-refractivity contribution in [3.63, 3.8) is 0 Å². The number of aromatic nitrogens is 4. The van der Waals surface area contributed by atoms with Crippen molar-refractivity contribution in [3.05, 3.63) is 78.1 Å². The second kappa shape index (κ2) is 17.6. The summed E-state index contributed by atoms with van der Waals surface area (Å²) in [6.45, 7) is 6.63. The number of anilines is 2. The van der Waals surface area contributed by atoms with Gasteiger partial charge in [-0.25, -0.2) is 4.98 Å². The van der Waals surface area contributed by atoms with Gasteiger partial charge in [0, 0.05) is 50.3 Å². The fourth-order valence-electron chi connectivity index (χ4n) is 8.39. The Morgan fingerprint density at radius 1 is 0.700 bits per heavy atom. The third-order valence-electron chi connectivity index (χ3n) is 11.4. The quantitative estimate of drug-likeness (QED) is 0.104. The number of likely N-dealkylation sites (tertiary alicyclic amines) is 1. The highest BCUT2D eigenvalue weighted by molar-refractivity contribution is 5.84. The zero-order valence-corrected chi connectivity index (χ0v) is 30.1. The highest BCUT2D eigenvalue weighted by Crippen LogP contribution is 2.34. The molecule has 2 aromatic carbocycles. The summed E-state index contributed by atoms with van der Waals surface area (Å²) in [5.74, 6) is 1.63. The molecule has 2 aliphatic carbocycles. The molecular formula is C41H59N9. The van der Waals surface area contributed by atoms with Crippen LogP contribution in [-0.4, -0.2) is 73.6 Å². The van der Waals surface area contributed by atoms with Crippen molar-refractivity contribution >= 4 is 22.9 Å². The minimum atomic E-state index is 0.328. The number of nitrogens with one attached hydrogen (secondary N) is 2. The summed E-state index contributed by atoms with van der Waals surface area (Å²) in [4.78, 5) is 20.3. The second-order valence-corrected chi connectivity index (χ2v) is 15.3. The predicted octanol–water partition coefficient (Wildman–Crippen LogP) is 7.76. The molecule has 3 heterocycles. The fourth-order valence-corrected chi connectivity index (χ4v) is 8.39. The summed E-state index contributed by atoms with van der Waals surface area (Å²) >= 11 is 0. The first kappa shape index (κ1) is 34.9. The number of piperidine rings is 1. The predicted molar refractivity (Wildman–Crippen MR) is 205 cm³/mol. The van der Waals surface area contributed by atoms with Crippen LogP contribution in [0.15, 0.2) is 67.0 Å². The van der Waals surface area contributed by atoms with Gasteiger partial charge in [0.05, 0.1) is 6.33 Å². The third-order valence-corrected chi connectivity index (χ3v) is 11.4. The van der Waals surface area contributed by atoms with Gasteiger partial charge in [0.1, 0.15) is 0 Å². The lowest BCUT2D eigenvalue weighted by atomic mass is 9.92. The van der Waals surface area contributed by atoms with Gasteiger partial charge in [-0.15, -0.1) is 0 Å². The normalized spacial score (nSPS) is 20.9. The molecule has 0 radical (unpaired) electrons. The van der Waals surface area contributed by atoms with Gasteiger partial charge in [-0.1, -0.05) is 86.3 Å². The van der Waals surface area contributed by atoms with Crippen molar-refractivity contribution in [3.8, 4) is 0 Å². The number of benzene rings is 2. The number of unbranched alkanes of at least 4 members (excludes halogenated alkanes) is 3. The number of nitrogens with zero attached hydrogens (tertiary/aromatic N) is 6. The van der Waals surface area contributed by atoms with E-state index in [0.717, 1.165) is 94.2 Å². The average molecular weight is 678 g/mol. The lowest BCUT2D eigenvalue weighted by Gasteiger charge is -2.32. The van der Waals surface area contributed by atoms with Gasteiger partial charge in [-0.2, -0.15) is 9.97 Å². The number of imidazole rings is 1. The first-order valence-electron chi connectivity index (χ1n) is 19.7. The molecule has 4 N–H and O–H groups in total. The van der Waals surface area contributed by atoms with Crippen molar-refractivity contribution in [2.75, 3.05) is 36.8 Å². The molecule has 7 rings (SSSR count). The molecule has 9 nitrogen and oxygen atoms in total. The molecule has 1 saturated heterocycles. The molecule has 2 aromatic heterocycles. The summed E-state index contributed by atoms with van der Waals surface area (Å²) in [6, 6.07) is 23.4. The molecule has 1 aliphatic heterocycles. The Morgan fingerprint density at radius 2 is 1.34 bits per heavy atom. The Balaban J connectivity index is 0.873. The summed E-state index contributed by atoms with van der Waals surface area (Å²) in [7, 11) is 0.